The first-order chi connectivity index (χ1) is 9.19. The number of piperidine rings is 1. The van der Waals surface area contributed by atoms with E-state index in [0.29, 0.717) is 18.2 Å². The van der Waals surface area contributed by atoms with Gasteiger partial charge in [-0.15, -0.1) is 0 Å². The lowest BCUT2D eigenvalue weighted by Crippen LogP contribution is -2.43. The maximum Gasteiger partial charge on any atom is 0.251 e. The molecule has 1 heterocycles. The smallest absolute Gasteiger partial charge is 0.251 e. The first kappa shape index (κ1) is 14.0. The van der Waals surface area contributed by atoms with Crippen molar-refractivity contribution in [1.82, 2.24) is 10.2 Å². The Morgan fingerprint density at radius 1 is 1.42 bits per heavy atom. The second kappa shape index (κ2) is 6.68. The number of benzene rings is 1. The van der Waals surface area contributed by atoms with Crippen LogP contribution in [0.1, 0.15) is 28.8 Å². The van der Waals surface area contributed by atoms with Crippen LogP contribution in [-0.2, 0) is 11.3 Å². The molecule has 0 atom stereocenters. The topological polar surface area (TPSA) is 41.6 Å². The van der Waals surface area contributed by atoms with Gasteiger partial charge in [0.05, 0.1) is 6.61 Å². The van der Waals surface area contributed by atoms with E-state index in [0.717, 1.165) is 31.5 Å². The van der Waals surface area contributed by atoms with Gasteiger partial charge in [0.15, 0.2) is 0 Å². The van der Waals surface area contributed by atoms with Crippen molar-refractivity contribution in [3.63, 3.8) is 0 Å². The van der Waals surface area contributed by atoms with E-state index < -0.39 is 0 Å². The van der Waals surface area contributed by atoms with Crippen LogP contribution in [0.15, 0.2) is 24.3 Å². The van der Waals surface area contributed by atoms with E-state index in [2.05, 4.69) is 17.3 Å². The molecule has 0 aliphatic carbocycles. The van der Waals surface area contributed by atoms with Crippen molar-refractivity contribution in [2.24, 2.45) is 0 Å². The minimum absolute atomic E-state index is 0.0208. The lowest BCUT2D eigenvalue weighted by Gasteiger charge is -2.29. The van der Waals surface area contributed by atoms with Gasteiger partial charge in [0.2, 0.25) is 0 Å². The predicted molar refractivity (Wildman–Crippen MR) is 75.1 cm³/mol. The van der Waals surface area contributed by atoms with Crippen LogP contribution >= 0.6 is 0 Å². The van der Waals surface area contributed by atoms with Crippen LogP contribution in [0.3, 0.4) is 0 Å². The summed E-state index contributed by atoms with van der Waals surface area (Å²) < 4.78 is 5.09. The quantitative estimate of drug-likeness (QED) is 0.897. The minimum Gasteiger partial charge on any atom is -0.380 e. The van der Waals surface area contributed by atoms with Gasteiger partial charge in [-0.1, -0.05) is 12.1 Å². The molecule has 1 aromatic rings. The maximum atomic E-state index is 12.2. The molecule has 2 rings (SSSR count). The van der Waals surface area contributed by atoms with Gasteiger partial charge < -0.3 is 15.0 Å². The number of rotatable bonds is 4. The van der Waals surface area contributed by atoms with E-state index in [-0.39, 0.29) is 5.91 Å². The Kier molecular flexibility index (Phi) is 4.93. The number of methoxy groups -OCH3 is 1. The summed E-state index contributed by atoms with van der Waals surface area (Å²) in [6, 6.07) is 7.92. The molecule has 0 radical (unpaired) electrons. The van der Waals surface area contributed by atoms with Crippen LogP contribution in [0.5, 0.6) is 0 Å². The van der Waals surface area contributed by atoms with Crippen LogP contribution in [0.4, 0.5) is 0 Å². The van der Waals surface area contributed by atoms with Crippen LogP contribution in [0.2, 0.25) is 0 Å². The van der Waals surface area contributed by atoms with E-state index in [1.54, 1.807) is 7.11 Å². The highest BCUT2D eigenvalue weighted by molar-refractivity contribution is 5.94. The van der Waals surface area contributed by atoms with Crippen molar-refractivity contribution in [2.75, 3.05) is 27.2 Å². The van der Waals surface area contributed by atoms with Gasteiger partial charge in [-0.2, -0.15) is 0 Å². The largest absolute Gasteiger partial charge is 0.380 e. The Morgan fingerprint density at radius 3 is 2.84 bits per heavy atom. The van der Waals surface area contributed by atoms with Crippen molar-refractivity contribution >= 4 is 5.91 Å². The zero-order valence-corrected chi connectivity index (χ0v) is 11.7. The fraction of sp³-hybridized carbons (Fsp3) is 0.533. The molecular formula is C15H22N2O2. The average molecular weight is 262 g/mol. The summed E-state index contributed by atoms with van der Waals surface area (Å²) in [4.78, 5) is 14.5. The van der Waals surface area contributed by atoms with E-state index >= 15 is 0 Å². The van der Waals surface area contributed by atoms with Crippen LogP contribution in [0.25, 0.3) is 0 Å². The van der Waals surface area contributed by atoms with Gasteiger partial charge in [0, 0.05) is 18.7 Å². The fourth-order valence-electron chi connectivity index (χ4n) is 2.39. The molecular weight excluding hydrogens is 240 g/mol. The van der Waals surface area contributed by atoms with Gasteiger partial charge in [-0.3, -0.25) is 4.79 Å². The molecule has 4 heteroatoms. The summed E-state index contributed by atoms with van der Waals surface area (Å²) in [5, 5.41) is 3.12. The molecule has 1 fully saturated rings. The Labute approximate surface area is 114 Å². The van der Waals surface area contributed by atoms with Crippen molar-refractivity contribution in [3.05, 3.63) is 35.4 Å². The number of nitrogens with zero attached hydrogens (tertiary/aromatic N) is 1. The van der Waals surface area contributed by atoms with Gasteiger partial charge in [-0.05, 0) is 50.7 Å². The normalized spacial score (nSPS) is 17.4. The molecule has 0 aromatic heterocycles. The van der Waals surface area contributed by atoms with Crippen molar-refractivity contribution < 1.29 is 9.53 Å². The summed E-state index contributed by atoms with van der Waals surface area (Å²) >= 11 is 0. The lowest BCUT2D eigenvalue weighted by atomic mass is 10.0. The third kappa shape index (κ3) is 4.04. The molecule has 0 bridgehead atoms. The first-order valence-electron chi connectivity index (χ1n) is 6.76. The van der Waals surface area contributed by atoms with E-state index in [4.69, 9.17) is 4.74 Å². The van der Waals surface area contributed by atoms with Crippen molar-refractivity contribution in [1.29, 1.82) is 0 Å². The van der Waals surface area contributed by atoms with Gasteiger partial charge in [0.1, 0.15) is 0 Å². The van der Waals surface area contributed by atoms with Crippen molar-refractivity contribution in [2.45, 2.75) is 25.5 Å². The summed E-state index contributed by atoms with van der Waals surface area (Å²) in [5.41, 5.74) is 1.74. The third-order valence-corrected chi connectivity index (χ3v) is 3.55. The Bertz CT molecular complexity index is 426. The van der Waals surface area contributed by atoms with Crippen LogP contribution < -0.4 is 5.32 Å². The van der Waals surface area contributed by atoms with E-state index in [1.165, 1.54) is 0 Å². The van der Waals surface area contributed by atoms with Crippen molar-refractivity contribution in [3.8, 4) is 0 Å². The molecule has 1 aliphatic rings. The molecule has 4 nitrogen and oxygen atoms in total. The highest BCUT2D eigenvalue weighted by Crippen LogP contribution is 2.11. The molecule has 1 amide bonds. The van der Waals surface area contributed by atoms with Gasteiger partial charge in [-0.25, -0.2) is 0 Å². The molecule has 19 heavy (non-hydrogen) atoms. The van der Waals surface area contributed by atoms with E-state index in [9.17, 15) is 4.79 Å². The van der Waals surface area contributed by atoms with Crippen LogP contribution in [0, 0.1) is 0 Å². The minimum atomic E-state index is 0.0208. The van der Waals surface area contributed by atoms with Gasteiger partial charge in [0.25, 0.3) is 5.91 Å². The standard InChI is InChI=1S/C15H22N2O2/c1-17-8-6-14(7-9-17)16-15(18)13-5-3-4-12(10-13)11-19-2/h3-5,10,14H,6-9,11H2,1-2H3,(H,16,18). The number of likely N-dealkylation sites (tertiary alicyclic amines) is 1. The maximum absolute atomic E-state index is 12.2. The number of amides is 1. The third-order valence-electron chi connectivity index (χ3n) is 3.55. The molecule has 0 unspecified atom stereocenters. The first-order valence-corrected chi connectivity index (χ1v) is 6.76. The summed E-state index contributed by atoms with van der Waals surface area (Å²) in [5.74, 6) is 0.0208. The monoisotopic (exact) mass is 262 g/mol. The number of ether oxygens (including phenoxy) is 1. The Balaban J connectivity index is 1.94. The Hall–Kier alpha value is -1.39. The summed E-state index contributed by atoms with van der Waals surface area (Å²) in [7, 11) is 3.78. The number of carbonyl (C=O) groups excluding carboxylic acids is 1. The number of nitrogens with one attached hydrogen (secondary N) is 1. The predicted octanol–water partition coefficient (Wildman–Crippen LogP) is 1.66. The zero-order valence-electron chi connectivity index (χ0n) is 11.7. The van der Waals surface area contributed by atoms with E-state index in [1.807, 2.05) is 24.3 Å². The molecule has 1 N–H and O–H groups in total. The highest BCUT2D eigenvalue weighted by atomic mass is 16.5. The summed E-state index contributed by atoms with van der Waals surface area (Å²) in [6.07, 6.45) is 2.06. The highest BCUT2D eigenvalue weighted by Gasteiger charge is 2.19. The lowest BCUT2D eigenvalue weighted by molar-refractivity contribution is 0.0916. The van der Waals surface area contributed by atoms with Crippen LogP contribution in [-0.4, -0.2) is 44.1 Å². The zero-order chi connectivity index (χ0) is 13.7. The molecule has 0 spiro atoms. The second-order valence-corrected chi connectivity index (χ2v) is 5.18. The number of hydrogen-bond acceptors (Lipinski definition) is 3. The molecule has 1 aliphatic heterocycles. The fourth-order valence-corrected chi connectivity index (χ4v) is 2.39. The SMILES string of the molecule is COCc1cccc(C(=O)NC2CCN(C)CC2)c1. The van der Waals surface area contributed by atoms with Gasteiger partial charge >= 0.3 is 0 Å². The second-order valence-electron chi connectivity index (χ2n) is 5.18. The molecule has 0 saturated carbocycles. The average Bonchev–Trinajstić information content (AvgIpc) is 2.42. The number of carbonyl (C=O) groups is 1. The molecule has 1 aromatic carbocycles. The molecule has 1 saturated heterocycles. The summed E-state index contributed by atoms with van der Waals surface area (Å²) in [6.45, 7) is 2.64. The number of hydrogen-bond donors (Lipinski definition) is 1. The Morgan fingerprint density at radius 2 is 2.16 bits per heavy atom. The molecule has 104 valence electrons.